The van der Waals surface area contributed by atoms with E-state index < -0.39 is 0 Å². The summed E-state index contributed by atoms with van der Waals surface area (Å²) in [4.78, 5) is 17.3. The van der Waals surface area contributed by atoms with Gasteiger partial charge in [0.2, 0.25) is 5.91 Å². The molecule has 92 valence electrons. The molecule has 1 aromatic heterocycles. The molecule has 2 heterocycles. The smallest absolute Gasteiger partial charge is 0.216 e. The Morgan fingerprint density at radius 1 is 1.41 bits per heavy atom. The van der Waals surface area contributed by atoms with Gasteiger partial charge in [-0.2, -0.15) is 0 Å². The molecule has 1 aliphatic heterocycles. The number of rotatable bonds is 3. The van der Waals surface area contributed by atoms with Crippen molar-refractivity contribution in [3.63, 3.8) is 0 Å². The van der Waals surface area contributed by atoms with Crippen molar-refractivity contribution in [1.82, 2.24) is 10.3 Å². The van der Waals surface area contributed by atoms with Crippen molar-refractivity contribution in [3.05, 3.63) is 24.5 Å². The Bertz CT molecular complexity index is 358. The zero-order valence-electron chi connectivity index (χ0n) is 10.2. The normalized spacial score (nSPS) is 16.9. The van der Waals surface area contributed by atoms with Crippen LogP contribution in [0.2, 0.25) is 0 Å². The highest BCUT2D eigenvalue weighted by molar-refractivity contribution is 5.72. The maximum absolute atomic E-state index is 10.8. The Kier molecular flexibility index (Phi) is 3.96. The van der Waals surface area contributed by atoms with Gasteiger partial charge in [0, 0.05) is 44.6 Å². The number of hydrogen-bond acceptors (Lipinski definition) is 3. The van der Waals surface area contributed by atoms with Crippen LogP contribution in [-0.4, -0.2) is 30.5 Å². The second-order valence-electron chi connectivity index (χ2n) is 4.57. The van der Waals surface area contributed by atoms with Crippen molar-refractivity contribution >= 4 is 11.6 Å². The quantitative estimate of drug-likeness (QED) is 0.859. The van der Waals surface area contributed by atoms with Gasteiger partial charge in [-0.25, -0.2) is 0 Å². The predicted octanol–water partition coefficient (Wildman–Crippen LogP) is 1.43. The number of pyridine rings is 1. The van der Waals surface area contributed by atoms with Gasteiger partial charge in [0.05, 0.1) is 0 Å². The van der Waals surface area contributed by atoms with Gasteiger partial charge < -0.3 is 10.2 Å². The van der Waals surface area contributed by atoms with Crippen LogP contribution in [0.5, 0.6) is 0 Å². The molecule has 0 aromatic carbocycles. The minimum absolute atomic E-state index is 0.0709. The van der Waals surface area contributed by atoms with E-state index in [1.165, 1.54) is 5.69 Å². The zero-order valence-corrected chi connectivity index (χ0v) is 10.2. The lowest BCUT2D eigenvalue weighted by molar-refractivity contribution is -0.119. The van der Waals surface area contributed by atoms with Gasteiger partial charge in [0.25, 0.3) is 0 Å². The first kappa shape index (κ1) is 11.9. The highest BCUT2D eigenvalue weighted by Gasteiger charge is 2.19. The Morgan fingerprint density at radius 2 is 2.06 bits per heavy atom. The maximum Gasteiger partial charge on any atom is 0.216 e. The fourth-order valence-electron chi connectivity index (χ4n) is 2.24. The number of carbonyl (C=O) groups excluding carboxylic acids is 1. The van der Waals surface area contributed by atoms with Crippen molar-refractivity contribution in [1.29, 1.82) is 0 Å². The average molecular weight is 233 g/mol. The van der Waals surface area contributed by atoms with Crippen molar-refractivity contribution in [2.75, 3.05) is 24.5 Å². The van der Waals surface area contributed by atoms with E-state index in [9.17, 15) is 4.79 Å². The minimum Gasteiger partial charge on any atom is -0.371 e. The van der Waals surface area contributed by atoms with Gasteiger partial charge in [0.1, 0.15) is 0 Å². The van der Waals surface area contributed by atoms with E-state index in [1.807, 2.05) is 24.5 Å². The largest absolute Gasteiger partial charge is 0.371 e. The second-order valence-corrected chi connectivity index (χ2v) is 4.57. The summed E-state index contributed by atoms with van der Waals surface area (Å²) in [7, 11) is 0. The summed E-state index contributed by atoms with van der Waals surface area (Å²) >= 11 is 0. The summed E-state index contributed by atoms with van der Waals surface area (Å²) in [5.74, 6) is 0.693. The highest BCUT2D eigenvalue weighted by atomic mass is 16.1. The first-order valence-corrected chi connectivity index (χ1v) is 6.15. The molecule has 0 spiro atoms. The van der Waals surface area contributed by atoms with E-state index in [2.05, 4.69) is 15.2 Å². The van der Waals surface area contributed by atoms with E-state index in [4.69, 9.17) is 0 Å². The van der Waals surface area contributed by atoms with Gasteiger partial charge in [-0.1, -0.05) is 0 Å². The number of hydrogen-bond donors (Lipinski definition) is 1. The second kappa shape index (κ2) is 5.66. The van der Waals surface area contributed by atoms with E-state index in [1.54, 1.807) is 6.92 Å². The van der Waals surface area contributed by atoms with E-state index in [-0.39, 0.29) is 5.91 Å². The monoisotopic (exact) mass is 233 g/mol. The molecule has 0 atom stereocenters. The van der Waals surface area contributed by atoms with Gasteiger partial charge >= 0.3 is 0 Å². The molecule has 0 bridgehead atoms. The fourth-order valence-corrected chi connectivity index (χ4v) is 2.24. The number of nitrogens with zero attached hydrogens (tertiary/aromatic N) is 2. The van der Waals surface area contributed by atoms with Crippen molar-refractivity contribution in [2.45, 2.75) is 19.8 Å². The molecule has 0 radical (unpaired) electrons. The number of anilines is 1. The molecule has 1 N–H and O–H groups in total. The minimum atomic E-state index is 0.0709. The Hall–Kier alpha value is -1.58. The third kappa shape index (κ3) is 3.44. The lowest BCUT2D eigenvalue weighted by Crippen LogP contribution is -2.38. The van der Waals surface area contributed by atoms with Crippen molar-refractivity contribution in [3.8, 4) is 0 Å². The lowest BCUT2D eigenvalue weighted by atomic mass is 9.96. The predicted molar refractivity (Wildman–Crippen MR) is 67.9 cm³/mol. The molecular formula is C13H19N3O. The Balaban J connectivity index is 1.80. The molecule has 1 saturated heterocycles. The van der Waals surface area contributed by atoms with Crippen LogP contribution in [0.4, 0.5) is 5.69 Å². The van der Waals surface area contributed by atoms with Crippen molar-refractivity contribution in [2.24, 2.45) is 5.92 Å². The first-order chi connectivity index (χ1) is 8.25. The number of piperidine rings is 1. The van der Waals surface area contributed by atoms with E-state index >= 15 is 0 Å². The van der Waals surface area contributed by atoms with E-state index in [0.717, 1.165) is 32.5 Å². The standard InChI is InChI=1S/C13H19N3O/c1-11(17)15-10-12-4-8-16(9-5-12)13-2-6-14-7-3-13/h2-3,6-7,12H,4-5,8-10H2,1H3,(H,15,17). The molecule has 1 aliphatic rings. The van der Waals surface area contributed by atoms with Crippen LogP contribution in [0.25, 0.3) is 0 Å². The van der Waals surface area contributed by atoms with E-state index in [0.29, 0.717) is 5.92 Å². The third-order valence-electron chi connectivity index (χ3n) is 3.28. The summed E-state index contributed by atoms with van der Waals surface area (Å²) in [5, 5.41) is 2.90. The summed E-state index contributed by atoms with van der Waals surface area (Å²) in [6.45, 7) is 4.52. The van der Waals surface area contributed by atoms with Gasteiger partial charge in [0.15, 0.2) is 0 Å². The van der Waals surface area contributed by atoms with Crippen LogP contribution >= 0.6 is 0 Å². The molecule has 17 heavy (non-hydrogen) atoms. The molecule has 1 amide bonds. The van der Waals surface area contributed by atoms with Gasteiger partial charge in [-0.05, 0) is 30.9 Å². The molecule has 0 saturated carbocycles. The molecule has 0 unspecified atom stereocenters. The zero-order chi connectivity index (χ0) is 12.1. The molecule has 4 nitrogen and oxygen atoms in total. The summed E-state index contributed by atoms with van der Waals surface area (Å²) in [6.07, 6.45) is 5.95. The topological polar surface area (TPSA) is 45.2 Å². The van der Waals surface area contributed by atoms with Crippen LogP contribution in [0.1, 0.15) is 19.8 Å². The third-order valence-corrected chi connectivity index (χ3v) is 3.28. The maximum atomic E-state index is 10.8. The summed E-state index contributed by atoms with van der Waals surface area (Å²) in [6, 6.07) is 4.10. The van der Waals surface area contributed by atoms with Crippen LogP contribution in [0.15, 0.2) is 24.5 Å². The molecular weight excluding hydrogens is 214 g/mol. The van der Waals surface area contributed by atoms with Crippen molar-refractivity contribution < 1.29 is 4.79 Å². The number of aromatic nitrogens is 1. The first-order valence-electron chi connectivity index (χ1n) is 6.15. The average Bonchev–Trinajstić information content (AvgIpc) is 2.38. The Labute approximate surface area is 102 Å². The number of nitrogens with one attached hydrogen (secondary N) is 1. The van der Waals surface area contributed by atoms with Gasteiger partial charge in [-0.15, -0.1) is 0 Å². The molecule has 2 rings (SSSR count). The van der Waals surface area contributed by atoms with Crippen LogP contribution < -0.4 is 10.2 Å². The number of amides is 1. The molecule has 1 fully saturated rings. The SMILES string of the molecule is CC(=O)NCC1CCN(c2ccncc2)CC1. The summed E-state index contributed by atoms with van der Waals surface area (Å²) in [5.41, 5.74) is 1.25. The molecule has 4 heteroatoms. The van der Waals surface area contributed by atoms with Crippen LogP contribution in [0.3, 0.4) is 0 Å². The van der Waals surface area contributed by atoms with Crippen LogP contribution in [-0.2, 0) is 4.79 Å². The van der Waals surface area contributed by atoms with Crippen LogP contribution in [0, 0.1) is 5.92 Å². The number of carbonyl (C=O) groups is 1. The molecule has 0 aliphatic carbocycles. The lowest BCUT2D eigenvalue weighted by Gasteiger charge is -2.33. The molecule has 1 aromatic rings. The summed E-state index contributed by atoms with van der Waals surface area (Å²) < 4.78 is 0. The van der Waals surface area contributed by atoms with Gasteiger partial charge in [-0.3, -0.25) is 9.78 Å². The fraction of sp³-hybridized carbons (Fsp3) is 0.538. The Morgan fingerprint density at radius 3 is 2.65 bits per heavy atom. The highest BCUT2D eigenvalue weighted by Crippen LogP contribution is 2.21.